The van der Waals surface area contributed by atoms with Crippen molar-refractivity contribution in [2.45, 2.75) is 4.90 Å². The number of halogens is 1. The summed E-state index contributed by atoms with van der Waals surface area (Å²) in [6, 6.07) is 0.332. The zero-order valence-electron chi connectivity index (χ0n) is 7.50. The Morgan fingerprint density at radius 1 is 1.23 bits per heavy atom. The van der Waals surface area contributed by atoms with Crippen LogP contribution in [0.5, 0.6) is 11.9 Å². The lowest BCUT2D eigenvalue weighted by Gasteiger charge is -2.07. The van der Waals surface area contributed by atoms with Gasteiger partial charge in [0.1, 0.15) is 8.60 Å². The average molecular weight is 312 g/mol. The highest BCUT2D eigenvalue weighted by atomic mass is 127. The third-order valence-corrected chi connectivity index (χ3v) is 3.28. The number of ether oxygens (including phenoxy) is 2. The van der Waals surface area contributed by atoms with E-state index in [1.54, 1.807) is 18.9 Å². The first-order valence-corrected chi connectivity index (χ1v) is 5.72. The maximum absolute atomic E-state index is 5.10. The van der Waals surface area contributed by atoms with Crippen molar-refractivity contribution in [3.63, 3.8) is 0 Å². The van der Waals surface area contributed by atoms with E-state index in [2.05, 4.69) is 32.6 Å². The number of hydrogen-bond acceptors (Lipinski definition) is 5. The third-order valence-electron chi connectivity index (χ3n) is 1.35. The van der Waals surface area contributed by atoms with Crippen LogP contribution < -0.4 is 9.47 Å². The minimum absolute atomic E-state index is 0.332. The summed E-state index contributed by atoms with van der Waals surface area (Å²) in [4.78, 5) is 9.12. The normalized spacial score (nSPS) is 9.85. The highest BCUT2D eigenvalue weighted by Gasteiger charge is 2.12. The first-order chi connectivity index (χ1) is 6.22. The number of hydrogen-bond donors (Lipinski definition) is 0. The van der Waals surface area contributed by atoms with Crippen LogP contribution in [0.15, 0.2) is 4.90 Å². The van der Waals surface area contributed by atoms with Gasteiger partial charge >= 0.3 is 6.01 Å². The molecular formula is C7H9IN2O2S. The highest BCUT2D eigenvalue weighted by molar-refractivity contribution is 14.1. The second-order valence-electron chi connectivity index (χ2n) is 2.04. The minimum Gasteiger partial charge on any atom is -0.480 e. The molecule has 6 heteroatoms. The van der Waals surface area contributed by atoms with E-state index in [1.165, 1.54) is 7.11 Å². The van der Waals surface area contributed by atoms with Crippen LogP contribution in [0.2, 0.25) is 0 Å². The van der Waals surface area contributed by atoms with Crippen molar-refractivity contribution in [2.24, 2.45) is 0 Å². The van der Waals surface area contributed by atoms with E-state index in [0.29, 0.717) is 11.9 Å². The Labute approximate surface area is 94.6 Å². The van der Waals surface area contributed by atoms with Crippen molar-refractivity contribution in [3.8, 4) is 11.9 Å². The predicted molar refractivity (Wildman–Crippen MR) is 59.6 cm³/mol. The maximum atomic E-state index is 5.10. The summed E-state index contributed by atoms with van der Waals surface area (Å²) in [7, 11) is 3.11. The van der Waals surface area contributed by atoms with Gasteiger partial charge in [-0.15, -0.1) is 11.8 Å². The smallest absolute Gasteiger partial charge is 0.320 e. The molecule has 0 aromatic carbocycles. The van der Waals surface area contributed by atoms with Gasteiger partial charge in [0.05, 0.1) is 14.2 Å². The molecule has 0 amide bonds. The summed E-state index contributed by atoms with van der Waals surface area (Å²) < 4.78 is 10.9. The summed E-state index contributed by atoms with van der Waals surface area (Å²) in [5, 5.41) is 0. The molecule has 0 saturated heterocycles. The lowest BCUT2D eigenvalue weighted by atomic mass is 10.6. The van der Waals surface area contributed by atoms with Crippen LogP contribution in [0.3, 0.4) is 0 Å². The molecule has 0 aliphatic heterocycles. The summed E-state index contributed by atoms with van der Waals surface area (Å²) >= 11 is 3.68. The van der Waals surface area contributed by atoms with Gasteiger partial charge in [0.2, 0.25) is 5.88 Å². The zero-order valence-corrected chi connectivity index (χ0v) is 10.5. The van der Waals surface area contributed by atoms with Crippen molar-refractivity contribution in [1.29, 1.82) is 0 Å². The van der Waals surface area contributed by atoms with Gasteiger partial charge < -0.3 is 9.47 Å². The fraction of sp³-hybridized carbons (Fsp3) is 0.429. The number of rotatable bonds is 3. The van der Waals surface area contributed by atoms with Gasteiger partial charge in [-0.25, -0.2) is 0 Å². The Morgan fingerprint density at radius 3 is 2.38 bits per heavy atom. The minimum atomic E-state index is 0.332. The molecule has 0 aliphatic carbocycles. The monoisotopic (exact) mass is 312 g/mol. The van der Waals surface area contributed by atoms with E-state index in [1.807, 2.05) is 6.26 Å². The Balaban J connectivity index is 3.20. The second-order valence-corrected chi connectivity index (χ2v) is 3.88. The highest BCUT2D eigenvalue weighted by Crippen LogP contribution is 2.30. The maximum Gasteiger partial charge on any atom is 0.320 e. The van der Waals surface area contributed by atoms with Crippen LogP contribution >= 0.6 is 34.4 Å². The first-order valence-electron chi connectivity index (χ1n) is 3.42. The molecule has 4 nitrogen and oxygen atoms in total. The molecule has 1 rings (SSSR count). The van der Waals surface area contributed by atoms with Crippen molar-refractivity contribution in [2.75, 3.05) is 20.5 Å². The van der Waals surface area contributed by atoms with Gasteiger partial charge in [-0.05, 0) is 28.8 Å². The SMILES string of the molecule is COc1nc(I)c(SC)c(OC)n1. The topological polar surface area (TPSA) is 44.2 Å². The molecule has 72 valence electrons. The Hall–Kier alpha value is -0.240. The van der Waals surface area contributed by atoms with Gasteiger partial charge in [-0.3, -0.25) is 0 Å². The number of methoxy groups -OCH3 is 2. The lowest BCUT2D eigenvalue weighted by Crippen LogP contribution is -1.99. The van der Waals surface area contributed by atoms with Crippen molar-refractivity contribution in [1.82, 2.24) is 9.97 Å². The summed E-state index contributed by atoms with van der Waals surface area (Å²) in [5.41, 5.74) is 0. The molecule has 0 atom stereocenters. The standard InChI is InChI=1S/C7H9IN2O2S/c1-11-6-4(13-3)5(8)9-7(10-6)12-2/h1-3H3. The molecule has 0 aliphatic rings. The molecule has 0 radical (unpaired) electrons. The van der Waals surface area contributed by atoms with E-state index in [4.69, 9.17) is 9.47 Å². The van der Waals surface area contributed by atoms with Gasteiger partial charge in [0.15, 0.2) is 0 Å². The molecule has 0 fully saturated rings. The molecule has 1 aromatic heterocycles. The lowest BCUT2D eigenvalue weighted by molar-refractivity contribution is 0.343. The molecule has 13 heavy (non-hydrogen) atoms. The Bertz CT molecular complexity index is 309. The van der Waals surface area contributed by atoms with Crippen molar-refractivity contribution >= 4 is 34.4 Å². The molecule has 0 bridgehead atoms. The zero-order chi connectivity index (χ0) is 9.84. The predicted octanol–water partition coefficient (Wildman–Crippen LogP) is 1.82. The van der Waals surface area contributed by atoms with E-state index >= 15 is 0 Å². The fourth-order valence-electron chi connectivity index (χ4n) is 0.787. The summed E-state index contributed by atoms with van der Waals surface area (Å²) in [6.07, 6.45) is 1.95. The van der Waals surface area contributed by atoms with Crippen LogP contribution in [0.25, 0.3) is 0 Å². The molecule has 1 heterocycles. The van der Waals surface area contributed by atoms with E-state index in [-0.39, 0.29) is 0 Å². The summed E-state index contributed by atoms with van der Waals surface area (Å²) in [5.74, 6) is 0.559. The number of nitrogens with zero attached hydrogens (tertiary/aromatic N) is 2. The first kappa shape index (κ1) is 10.8. The fourth-order valence-corrected chi connectivity index (χ4v) is 2.40. The third kappa shape index (κ3) is 2.37. The van der Waals surface area contributed by atoms with Crippen LogP contribution in [0.4, 0.5) is 0 Å². The second kappa shape index (κ2) is 4.85. The van der Waals surface area contributed by atoms with Crippen LogP contribution in [0, 0.1) is 3.70 Å². The molecule has 0 saturated carbocycles. The van der Waals surface area contributed by atoms with Crippen LogP contribution in [0.1, 0.15) is 0 Å². The number of aromatic nitrogens is 2. The van der Waals surface area contributed by atoms with E-state index in [0.717, 1.165) is 8.60 Å². The molecular weight excluding hydrogens is 303 g/mol. The molecule has 0 spiro atoms. The van der Waals surface area contributed by atoms with Crippen LogP contribution in [-0.2, 0) is 0 Å². The van der Waals surface area contributed by atoms with Gasteiger partial charge in [-0.1, -0.05) is 0 Å². The summed E-state index contributed by atoms with van der Waals surface area (Å²) in [6.45, 7) is 0. The Morgan fingerprint density at radius 2 is 1.92 bits per heavy atom. The Kier molecular flexibility index (Phi) is 4.04. The number of thioether (sulfide) groups is 1. The van der Waals surface area contributed by atoms with E-state index in [9.17, 15) is 0 Å². The van der Waals surface area contributed by atoms with Gasteiger partial charge in [-0.2, -0.15) is 9.97 Å². The molecule has 0 unspecified atom stereocenters. The molecule has 1 aromatic rings. The van der Waals surface area contributed by atoms with Crippen molar-refractivity contribution in [3.05, 3.63) is 3.70 Å². The largest absolute Gasteiger partial charge is 0.480 e. The average Bonchev–Trinajstić information content (AvgIpc) is 2.16. The van der Waals surface area contributed by atoms with Gasteiger partial charge in [0, 0.05) is 0 Å². The van der Waals surface area contributed by atoms with Crippen molar-refractivity contribution < 1.29 is 9.47 Å². The molecule has 0 N–H and O–H groups in total. The van der Waals surface area contributed by atoms with E-state index < -0.39 is 0 Å². The van der Waals surface area contributed by atoms with Crippen LogP contribution in [-0.4, -0.2) is 30.4 Å². The quantitative estimate of drug-likeness (QED) is 0.484. The van der Waals surface area contributed by atoms with Gasteiger partial charge in [0.25, 0.3) is 0 Å².